The molecule has 1 aliphatic carbocycles. The van der Waals surface area contributed by atoms with E-state index in [0.29, 0.717) is 0 Å². The van der Waals surface area contributed by atoms with Crippen molar-refractivity contribution in [3.8, 4) is 0 Å². The van der Waals surface area contributed by atoms with Crippen LogP contribution in [0, 0.1) is 0 Å². The zero-order valence-electron chi connectivity index (χ0n) is 4.99. The molecule has 0 aromatic heterocycles. The van der Waals surface area contributed by atoms with Gasteiger partial charge in [-0.05, 0) is 25.7 Å². The van der Waals surface area contributed by atoms with Crippen molar-refractivity contribution in [1.82, 2.24) is 0 Å². The van der Waals surface area contributed by atoms with E-state index in [0.717, 1.165) is 0 Å². The van der Waals surface area contributed by atoms with E-state index < -0.39 is 0 Å². The van der Waals surface area contributed by atoms with Gasteiger partial charge in [-0.1, -0.05) is 18.6 Å². The van der Waals surface area contributed by atoms with E-state index in [4.69, 9.17) is 0 Å². The SMILES string of the molecule is C1=CCCCCC1.[Ag+]. The predicted octanol–water partition coefficient (Wildman–Crippen LogP) is 2.50. The standard InChI is InChI=1S/C7H12.Ag/c1-2-4-6-7-5-3-1;/h1-2H,3-7H2;/q;+1. The van der Waals surface area contributed by atoms with E-state index in [9.17, 15) is 0 Å². The molecule has 0 unspecified atom stereocenters. The van der Waals surface area contributed by atoms with Gasteiger partial charge in [0.2, 0.25) is 0 Å². The van der Waals surface area contributed by atoms with Crippen LogP contribution in [0.4, 0.5) is 0 Å². The van der Waals surface area contributed by atoms with Gasteiger partial charge in [0.15, 0.2) is 0 Å². The van der Waals surface area contributed by atoms with Gasteiger partial charge in [-0.25, -0.2) is 0 Å². The van der Waals surface area contributed by atoms with Crippen molar-refractivity contribution < 1.29 is 22.4 Å². The van der Waals surface area contributed by atoms with Crippen LogP contribution in [0.3, 0.4) is 0 Å². The van der Waals surface area contributed by atoms with E-state index in [-0.39, 0.29) is 22.4 Å². The van der Waals surface area contributed by atoms with Crippen molar-refractivity contribution >= 4 is 0 Å². The molecule has 0 N–H and O–H groups in total. The van der Waals surface area contributed by atoms with Gasteiger partial charge < -0.3 is 0 Å². The average Bonchev–Trinajstić information content (AvgIpc) is 1.90. The van der Waals surface area contributed by atoms with Gasteiger partial charge >= 0.3 is 22.4 Å². The molecule has 0 radical (unpaired) electrons. The molecule has 0 nitrogen and oxygen atoms in total. The van der Waals surface area contributed by atoms with Gasteiger partial charge in [-0.15, -0.1) is 0 Å². The molecule has 50 valence electrons. The van der Waals surface area contributed by atoms with Crippen LogP contribution in [0.5, 0.6) is 0 Å². The zero-order valence-corrected chi connectivity index (χ0v) is 6.47. The maximum atomic E-state index is 2.30. The van der Waals surface area contributed by atoms with Gasteiger partial charge in [0.05, 0.1) is 0 Å². The normalized spacial score (nSPS) is 19.0. The molecule has 0 saturated carbocycles. The van der Waals surface area contributed by atoms with Crippen molar-refractivity contribution in [3.05, 3.63) is 12.2 Å². The molecule has 0 aromatic rings. The maximum absolute atomic E-state index is 2.30. The van der Waals surface area contributed by atoms with Crippen molar-refractivity contribution in [2.75, 3.05) is 0 Å². The fraction of sp³-hybridized carbons (Fsp3) is 0.714. The molecule has 0 saturated heterocycles. The first-order valence-corrected chi connectivity index (χ1v) is 3.15. The summed E-state index contributed by atoms with van der Waals surface area (Å²) in [6.07, 6.45) is 11.5. The van der Waals surface area contributed by atoms with Crippen LogP contribution in [0.2, 0.25) is 0 Å². The topological polar surface area (TPSA) is 0 Å². The summed E-state index contributed by atoms with van der Waals surface area (Å²) < 4.78 is 0. The van der Waals surface area contributed by atoms with Crippen LogP contribution in [0.25, 0.3) is 0 Å². The third-order valence-corrected chi connectivity index (χ3v) is 1.41. The summed E-state index contributed by atoms with van der Waals surface area (Å²) in [5.41, 5.74) is 0. The Morgan fingerprint density at radius 1 is 0.750 bits per heavy atom. The van der Waals surface area contributed by atoms with Crippen LogP contribution in [0.15, 0.2) is 12.2 Å². The van der Waals surface area contributed by atoms with Crippen LogP contribution in [-0.2, 0) is 22.4 Å². The summed E-state index contributed by atoms with van der Waals surface area (Å²) in [6, 6.07) is 0. The Morgan fingerprint density at radius 2 is 1.25 bits per heavy atom. The molecule has 0 aromatic carbocycles. The number of rotatable bonds is 0. The minimum atomic E-state index is 0. The Balaban J connectivity index is 0.000000490. The van der Waals surface area contributed by atoms with Gasteiger partial charge in [-0.3, -0.25) is 0 Å². The molecule has 1 rings (SSSR count). The van der Waals surface area contributed by atoms with Crippen molar-refractivity contribution in [2.24, 2.45) is 0 Å². The Labute approximate surface area is 66.9 Å². The Hall–Kier alpha value is 0.480. The molecule has 8 heavy (non-hydrogen) atoms. The molecular formula is C7H12Ag+. The van der Waals surface area contributed by atoms with Crippen molar-refractivity contribution in [3.63, 3.8) is 0 Å². The molecule has 0 fully saturated rings. The minimum Gasteiger partial charge on any atom is -0.0885 e. The summed E-state index contributed by atoms with van der Waals surface area (Å²) >= 11 is 0. The second kappa shape index (κ2) is 5.61. The summed E-state index contributed by atoms with van der Waals surface area (Å²) in [6.45, 7) is 0. The maximum Gasteiger partial charge on any atom is 1.00 e. The van der Waals surface area contributed by atoms with Gasteiger partial charge in [0.1, 0.15) is 0 Å². The number of hydrogen-bond acceptors (Lipinski definition) is 0. The predicted molar refractivity (Wildman–Crippen MR) is 32.2 cm³/mol. The van der Waals surface area contributed by atoms with Crippen LogP contribution in [-0.4, -0.2) is 0 Å². The van der Waals surface area contributed by atoms with Crippen LogP contribution in [0.1, 0.15) is 32.1 Å². The van der Waals surface area contributed by atoms with Crippen LogP contribution < -0.4 is 0 Å². The molecule has 0 atom stereocenters. The summed E-state index contributed by atoms with van der Waals surface area (Å²) in [5.74, 6) is 0. The molecular weight excluding hydrogens is 192 g/mol. The van der Waals surface area contributed by atoms with E-state index >= 15 is 0 Å². The largest absolute Gasteiger partial charge is 1.00 e. The van der Waals surface area contributed by atoms with E-state index in [1.165, 1.54) is 32.1 Å². The first kappa shape index (κ1) is 8.48. The Kier molecular flexibility index (Phi) is 5.95. The summed E-state index contributed by atoms with van der Waals surface area (Å²) in [4.78, 5) is 0. The summed E-state index contributed by atoms with van der Waals surface area (Å²) in [5, 5.41) is 0. The average molecular weight is 204 g/mol. The quantitative estimate of drug-likeness (QED) is 0.420. The molecule has 0 aliphatic heterocycles. The second-order valence-electron chi connectivity index (χ2n) is 2.11. The minimum absolute atomic E-state index is 0. The molecule has 0 spiro atoms. The molecule has 0 heterocycles. The first-order valence-electron chi connectivity index (χ1n) is 3.15. The first-order chi connectivity index (χ1) is 3.50. The smallest absolute Gasteiger partial charge is 0.0885 e. The fourth-order valence-corrected chi connectivity index (χ4v) is 0.937. The molecule has 0 bridgehead atoms. The third-order valence-electron chi connectivity index (χ3n) is 1.41. The van der Waals surface area contributed by atoms with E-state index in [1.54, 1.807) is 0 Å². The monoisotopic (exact) mass is 203 g/mol. The molecule has 0 amide bonds. The Morgan fingerprint density at radius 3 is 1.75 bits per heavy atom. The number of allylic oxidation sites excluding steroid dienone is 2. The van der Waals surface area contributed by atoms with Gasteiger partial charge in [0.25, 0.3) is 0 Å². The molecule has 1 aliphatic rings. The van der Waals surface area contributed by atoms with E-state index in [2.05, 4.69) is 12.2 Å². The summed E-state index contributed by atoms with van der Waals surface area (Å²) in [7, 11) is 0. The fourth-order valence-electron chi connectivity index (χ4n) is 0.937. The van der Waals surface area contributed by atoms with E-state index in [1.807, 2.05) is 0 Å². The zero-order chi connectivity index (χ0) is 4.95. The number of hydrogen-bond donors (Lipinski definition) is 0. The Bertz CT molecular complexity index is 58.8. The van der Waals surface area contributed by atoms with Gasteiger partial charge in [-0.2, -0.15) is 0 Å². The van der Waals surface area contributed by atoms with Crippen molar-refractivity contribution in [2.45, 2.75) is 32.1 Å². The van der Waals surface area contributed by atoms with Crippen molar-refractivity contribution in [1.29, 1.82) is 0 Å². The molecule has 1 heteroatoms. The van der Waals surface area contributed by atoms with Gasteiger partial charge in [0, 0.05) is 0 Å². The second-order valence-corrected chi connectivity index (χ2v) is 2.11. The third kappa shape index (κ3) is 3.48. The van der Waals surface area contributed by atoms with Crippen LogP contribution >= 0.6 is 0 Å².